The van der Waals surface area contributed by atoms with E-state index in [1.54, 1.807) is 0 Å². The average molecular weight is 358 g/mol. The van der Waals surface area contributed by atoms with Gasteiger partial charge in [-0.3, -0.25) is 0 Å². The van der Waals surface area contributed by atoms with Gasteiger partial charge in [0.2, 0.25) is 0 Å². The van der Waals surface area contributed by atoms with E-state index in [4.69, 9.17) is 4.74 Å². The molecule has 1 amide bonds. The van der Waals surface area contributed by atoms with Gasteiger partial charge in [0.05, 0.1) is 11.3 Å². The van der Waals surface area contributed by atoms with Crippen molar-refractivity contribution in [3.63, 3.8) is 0 Å². The van der Waals surface area contributed by atoms with E-state index in [9.17, 15) is 10.1 Å². The molecule has 0 saturated carbocycles. The van der Waals surface area contributed by atoms with Crippen molar-refractivity contribution in [2.45, 2.75) is 52.2 Å². The Morgan fingerprint density at radius 3 is 2.62 bits per heavy atom. The number of hydrogen-bond acceptors (Lipinski definition) is 5. The smallest absolute Gasteiger partial charge is 0.407 e. The molecular weight excluding hydrogens is 328 g/mol. The Hall–Kier alpha value is -2.26. The molecule has 26 heavy (non-hydrogen) atoms. The van der Waals surface area contributed by atoms with Gasteiger partial charge in [0.25, 0.3) is 0 Å². The molecule has 0 unspecified atom stereocenters. The lowest BCUT2D eigenvalue weighted by atomic mass is 10.0. The van der Waals surface area contributed by atoms with Gasteiger partial charge in [-0.25, -0.2) is 4.79 Å². The second-order valence-corrected chi connectivity index (χ2v) is 7.78. The second kappa shape index (κ2) is 8.91. The summed E-state index contributed by atoms with van der Waals surface area (Å²) >= 11 is 0. The Labute approximate surface area is 156 Å². The summed E-state index contributed by atoms with van der Waals surface area (Å²) in [6.07, 6.45) is 1.66. The number of carbonyl (C=O) groups is 1. The maximum Gasteiger partial charge on any atom is 0.407 e. The summed E-state index contributed by atoms with van der Waals surface area (Å²) in [5, 5.41) is 15.6. The van der Waals surface area contributed by atoms with Crippen LogP contribution >= 0.6 is 0 Å². The number of ether oxygens (including phenoxy) is 1. The first-order valence-corrected chi connectivity index (χ1v) is 9.24. The zero-order valence-electron chi connectivity index (χ0n) is 16.3. The molecule has 1 aliphatic rings. The van der Waals surface area contributed by atoms with E-state index >= 15 is 0 Å². The van der Waals surface area contributed by atoms with Crippen LogP contribution in [0.5, 0.6) is 0 Å². The minimum atomic E-state index is -0.470. The molecular formula is C20H30N4O2. The van der Waals surface area contributed by atoms with Crippen LogP contribution in [0, 0.1) is 18.3 Å². The van der Waals surface area contributed by atoms with Gasteiger partial charge in [0.1, 0.15) is 11.7 Å². The fraction of sp³-hybridized carbons (Fsp3) is 0.600. The number of anilines is 1. The van der Waals surface area contributed by atoms with Gasteiger partial charge in [-0.2, -0.15) is 5.26 Å². The first kappa shape index (κ1) is 20.1. The summed E-state index contributed by atoms with van der Waals surface area (Å²) in [4.78, 5) is 13.9. The molecule has 6 heteroatoms. The lowest BCUT2D eigenvalue weighted by molar-refractivity contribution is 0.0528. The number of nitrogens with one attached hydrogen (secondary N) is 2. The summed E-state index contributed by atoms with van der Waals surface area (Å²) in [6, 6.07) is 8.79. The third-order valence-corrected chi connectivity index (χ3v) is 4.33. The minimum Gasteiger partial charge on any atom is -0.444 e. The van der Waals surface area contributed by atoms with Gasteiger partial charge in [0.15, 0.2) is 0 Å². The number of benzene rings is 1. The molecule has 1 heterocycles. The highest BCUT2D eigenvalue weighted by Gasteiger charge is 2.21. The lowest BCUT2D eigenvalue weighted by Gasteiger charge is -2.34. The molecule has 0 aliphatic carbocycles. The zero-order valence-corrected chi connectivity index (χ0v) is 16.3. The summed E-state index contributed by atoms with van der Waals surface area (Å²) < 4.78 is 5.21. The molecule has 0 atom stereocenters. The number of hydrogen-bond donors (Lipinski definition) is 2. The second-order valence-electron chi connectivity index (χ2n) is 7.78. The Morgan fingerprint density at radius 1 is 1.31 bits per heavy atom. The number of alkyl carbamates (subject to hydrolysis) is 1. The molecule has 6 nitrogen and oxygen atoms in total. The zero-order chi connectivity index (χ0) is 19.2. The van der Waals surface area contributed by atoms with Crippen molar-refractivity contribution in [2.24, 2.45) is 0 Å². The average Bonchev–Trinajstić information content (AvgIpc) is 2.58. The number of nitriles is 1. The predicted octanol–water partition coefficient (Wildman–Crippen LogP) is 2.95. The van der Waals surface area contributed by atoms with Gasteiger partial charge >= 0.3 is 6.09 Å². The number of amides is 1. The fourth-order valence-corrected chi connectivity index (χ4v) is 3.09. The molecule has 1 aromatic carbocycles. The molecule has 0 bridgehead atoms. The van der Waals surface area contributed by atoms with Crippen LogP contribution in [-0.2, 0) is 4.74 Å². The summed E-state index contributed by atoms with van der Waals surface area (Å²) in [5.74, 6) is 0. The maximum atomic E-state index is 11.6. The van der Waals surface area contributed by atoms with E-state index in [1.807, 2.05) is 39.8 Å². The van der Waals surface area contributed by atoms with Crippen molar-refractivity contribution in [1.29, 1.82) is 5.26 Å². The van der Waals surface area contributed by atoms with Crippen LogP contribution < -0.4 is 15.5 Å². The van der Waals surface area contributed by atoms with Crippen molar-refractivity contribution in [1.82, 2.24) is 10.6 Å². The van der Waals surface area contributed by atoms with Crippen LogP contribution in [0.15, 0.2) is 18.2 Å². The third kappa shape index (κ3) is 6.23. The summed E-state index contributed by atoms with van der Waals surface area (Å²) in [6.45, 7) is 10.7. The van der Waals surface area contributed by atoms with Gasteiger partial charge < -0.3 is 20.3 Å². The normalized spacial score (nSPS) is 15.4. The number of aryl methyl sites for hydroxylation is 1. The predicted molar refractivity (Wildman–Crippen MR) is 103 cm³/mol. The highest BCUT2D eigenvalue weighted by atomic mass is 16.6. The van der Waals surface area contributed by atoms with Crippen molar-refractivity contribution in [2.75, 3.05) is 31.1 Å². The summed E-state index contributed by atoms with van der Waals surface area (Å²) in [5.41, 5.74) is 2.42. The van der Waals surface area contributed by atoms with Crippen LogP contribution in [0.1, 0.15) is 44.7 Å². The molecule has 0 aromatic heterocycles. The Balaban J connectivity index is 1.71. The fourth-order valence-electron chi connectivity index (χ4n) is 3.09. The van der Waals surface area contributed by atoms with E-state index in [1.165, 1.54) is 0 Å². The van der Waals surface area contributed by atoms with Gasteiger partial charge in [-0.15, -0.1) is 0 Å². The molecule has 2 N–H and O–H groups in total. The first-order chi connectivity index (χ1) is 12.3. The molecule has 1 aromatic rings. The maximum absolute atomic E-state index is 11.6. The number of nitrogens with zero attached hydrogens (tertiary/aromatic N) is 2. The van der Waals surface area contributed by atoms with E-state index in [2.05, 4.69) is 27.7 Å². The van der Waals surface area contributed by atoms with Crippen molar-refractivity contribution >= 4 is 11.8 Å². The number of carbonyl (C=O) groups excluding carboxylic acids is 1. The summed E-state index contributed by atoms with van der Waals surface area (Å²) in [7, 11) is 0. The van der Waals surface area contributed by atoms with E-state index in [0.717, 1.165) is 49.3 Å². The van der Waals surface area contributed by atoms with Crippen molar-refractivity contribution in [3.8, 4) is 6.07 Å². The van der Waals surface area contributed by atoms with Gasteiger partial charge in [-0.1, -0.05) is 6.07 Å². The standard InChI is InChI=1S/C20H30N4O2/c1-15-5-6-18(16(13-15)14-21)24-11-7-17(8-12-24)22-9-10-23-19(25)26-20(2,3)4/h5-6,13,17,22H,7-12H2,1-4H3,(H,23,25). The highest BCUT2D eigenvalue weighted by molar-refractivity contribution is 5.67. The lowest BCUT2D eigenvalue weighted by Crippen LogP contribution is -2.45. The minimum absolute atomic E-state index is 0.377. The van der Waals surface area contributed by atoms with Crippen molar-refractivity contribution < 1.29 is 9.53 Å². The molecule has 1 fully saturated rings. The third-order valence-electron chi connectivity index (χ3n) is 4.33. The molecule has 2 rings (SSSR count). The van der Waals surface area contributed by atoms with Crippen LogP contribution in [0.3, 0.4) is 0 Å². The van der Waals surface area contributed by atoms with E-state index in [0.29, 0.717) is 12.6 Å². The molecule has 142 valence electrons. The van der Waals surface area contributed by atoms with Crippen LogP contribution in [0.2, 0.25) is 0 Å². The Kier molecular flexibility index (Phi) is 6.87. The monoisotopic (exact) mass is 358 g/mol. The Morgan fingerprint density at radius 2 is 2.00 bits per heavy atom. The molecule has 0 spiro atoms. The number of rotatable bonds is 5. The van der Waals surface area contributed by atoms with E-state index < -0.39 is 5.60 Å². The van der Waals surface area contributed by atoms with Crippen LogP contribution in [0.4, 0.5) is 10.5 Å². The first-order valence-electron chi connectivity index (χ1n) is 9.24. The quantitative estimate of drug-likeness (QED) is 0.792. The highest BCUT2D eigenvalue weighted by Crippen LogP contribution is 2.24. The number of piperidine rings is 1. The topological polar surface area (TPSA) is 77.4 Å². The molecule has 1 aliphatic heterocycles. The van der Waals surface area contributed by atoms with Crippen LogP contribution in [0.25, 0.3) is 0 Å². The molecule has 0 radical (unpaired) electrons. The van der Waals surface area contributed by atoms with Gasteiger partial charge in [0, 0.05) is 32.2 Å². The van der Waals surface area contributed by atoms with E-state index in [-0.39, 0.29) is 6.09 Å². The van der Waals surface area contributed by atoms with Crippen molar-refractivity contribution in [3.05, 3.63) is 29.3 Å². The van der Waals surface area contributed by atoms with Gasteiger partial charge in [-0.05, 0) is 58.2 Å². The molecule has 1 saturated heterocycles. The largest absolute Gasteiger partial charge is 0.444 e. The van der Waals surface area contributed by atoms with Crippen LogP contribution in [-0.4, -0.2) is 43.9 Å². The Bertz CT molecular complexity index is 653. The SMILES string of the molecule is Cc1ccc(N2CCC(NCCNC(=O)OC(C)(C)C)CC2)c(C#N)c1.